The van der Waals surface area contributed by atoms with E-state index in [4.69, 9.17) is 11.0 Å². The van der Waals surface area contributed by atoms with Crippen LogP contribution in [0.3, 0.4) is 0 Å². The zero-order valence-corrected chi connectivity index (χ0v) is 6.64. The Balaban J connectivity index is 3.33. The van der Waals surface area contributed by atoms with E-state index >= 15 is 0 Å². The SMILES string of the molecule is [2H]c1nc(C([2H])([2H])C([2H])([2H])C([2H])([2H])[2H])c(Br)s1. The number of aromatic nitrogens is 1. The van der Waals surface area contributed by atoms with Gasteiger partial charge in [-0.05, 0) is 22.3 Å². The first-order valence-electron chi connectivity index (χ1n) is 6.04. The number of rotatable bonds is 2. The lowest BCUT2D eigenvalue weighted by Gasteiger charge is -1.89. The Hall–Kier alpha value is 0.110. The van der Waals surface area contributed by atoms with Gasteiger partial charge >= 0.3 is 0 Å². The molecular weight excluding hydrogens is 198 g/mol. The lowest BCUT2D eigenvalue weighted by atomic mass is 10.3. The molecule has 0 saturated heterocycles. The van der Waals surface area contributed by atoms with Crippen LogP contribution in [0.1, 0.15) is 29.9 Å². The molecule has 0 radical (unpaired) electrons. The molecule has 0 amide bonds. The number of halogens is 1. The third-order valence-electron chi connectivity index (χ3n) is 0.660. The number of hydrogen-bond acceptors (Lipinski definition) is 2. The second-order valence-electron chi connectivity index (χ2n) is 1.18. The Morgan fingerprint density at radius 2 is 3.11 bits per heavy atom. The van der Waals surface area contributed by atoms with E-state index in [1.54, 1.807) is 0 Å². The molecule has 0 spiro atoms. The van der Waals surface area contributed by atoms with Crippen molar-refractivity contribution in [1.82, 2.24) is 4.98 Å². The van der Waals surface area contributed by atoms with Gasteiger partial charge < -0.3 is 0 Å². The maximum absolute atomic E-state index is 7.64. The number of hydrogen-bond donors (Lipinski definition) is 0. The van der Waals surface area contributed by atoms with Gasteiger partial charge in [-0.2, -0.15) is 0 Å². The molecule has 0 bridgehead atoms. The standard InChI is InChI=1S/C6H8BrNS/c1-2-3-5-6(7)9-4-8-5/h4H,2-3H2,1H3/i1D3,2D2,3D2,4D. The molecule has 0 aliphatic rings. The van der Waals surface area contributed by atoms with Gasteiger partial charge in [-0.3, -0.25) is 0 Å². The van der Waals surface area contributed by atoms with E-state index in [1.807, 2.05) is 0 Å². The maximum atomic E-state index is 7.64. The highest BCUT2D eigenvalue weighted by atomic mass is 79.9. The molecular formula is C6H8BrNS. The zero-order valence-electron chi connectivity index (χ0n) is 12.2. The fourth-order valence-electron chi connectivity index (χ4n) is 0.337. The van der Waals surface area contributed by atoms with E-state index < -0.39 is 25.3 Å². The molecule has 1 heterocycles. The van der Waals surface area contributed by atoms with Gasteiger partial charge in [-0.1, -0.05) is 13.2 Å². The van der Waals surface area contributed by atoms with Crippen LogP contribution in [0.2, 0.25) is 0 Å². The number of aryl methyl sites for hydroxylation is 1. The highest BCUT2D eigenvalue weighted by molar-refractivity contribution is 9.11. The summed E-state index contributed by atoms with van der Waals surface area (Å²) in [5.74, 6) is 0. The topological polar surface area (TPSA) is 12.9 Å². The van der Waals surface area contributed by atoms with Gasteiger partial charge in [0.1, 0.15) is 0 Å². The summed E-state index contributed by atoms with van der Waals surface area (Å²) < 4.78 is 58.7. The van der Waals surface area contributed by atoms with E-state index in [0.717, 1.165) is 11.3 Å². The Morgan fingerprint density at radius 1 is 2.22 bits per heavy atom. The average molecular weight is 214 g/mol. The molecule has 1 nitrogen and oxygen atoms in total. The summed E-state index contributed by atoms with van der Waals surface area (Å²) in [6.07, 6.45) is -5.91. The van der Waals surface area contributed by atoms with E-state index in [9.17, 15) is 0 Å². The van der Waals surface area contributed by atoms with E-state index in [0.29, 0.717) is 0 Å². The fourth-order valence-corrected chi connectivity index (χ4v) is 1.15. The van der Waals surface area contributed by atoms with Crippen LogP contribution in [0.25, 0.3) is 0 Å². The van der Waals surface area contributed by atoms with Crippen molar-refractivity contribution in [3.63, 3.8) is 0 Å². The quantitative estimate of drug-likeness (QED) is 0.737. The molecule has 3 heteroatoms. The Labute approximate surface area is 78.5 Å². The molecule has 1 rings (SSSR count). The van der Waals surface area contributed by atoms with E-state index in [2.05, 4.69) is 20.9 Å². The van der Waals surface area contributed by atoms with Crippen molar-refractivity contribution in [2.45, 2.75) is 19.6 Å². The van der Waals surface area contributed by atoms with Crippen molar-refractivity contribution in [3.05, 3.63) is 15.0 Å². The summed E-state index contributed by atoms with van der Waals surface area (Å²) in [5, 5.41) is 0. The van der Waals surface area contributed by atoms with Gasteiger partial charge in [0, 0.05) is 9.60 Å². The van der Waals surface area contributed by atoms with Crippen LogP contribution in [0.4, 0.5) is 0 Å². The third kappa shape index (κ3) is 1.76. The first kappa shape index (κ1) is 2.05. The largest absolute Gasteiger partial charge is 0.249 e. The molecule has 1 aromatic rings. The van der Waals surface area contributed by atoms with Crippen LogP contribution < -0.4 is 0 Å². The predicted molar refractivity (Wildman–Crippen MR) is 43.8 cm³/mol. The van der Waals surface area contributed by atoms with Gasteiger partial charge in [-0.15, -0.1) is 11.3 Å². The summed E-state index contributed by atoms with van der Waals surface area (Å²) in [7, 11) is 0. The highest BCUT2D eigenvalue weighted by Crippen LogP contribution is 2.21. The molecule has 0 aromatic carbocycles. The minimum absolute atomic E-state index is 0.126. The normalized spacial score (nSPS) is 27.7. The van der Waals surface area contributed by atoms with Crippen LogP contribution in [-0.4, -0.2) is 4.98 Å². The Bertz CT molecular complexity index is 424. The molecule has 0 saturated carbocycles. The first-order valence-corrected chi connectivity index (χ1v) is 3.65. The monoisotopic (exact) mass is 213 g/mol. The molecule has 0 atom stereocenters. The third-order valence-corrected chi connectivity index (χ3v) is 2.08. The van der Waals surface area contributed by atoms with E-state index in [-0.39, 0.29) is 9.27 Å². The molecule has 0 fully saturated rings. The fraction of sp³-hybridized carbons (Fsp3) is 0.500. The zero-order chi connectivity index (χ0) is 13.6. The van der Waals surface area contributed by atoms with E-state index in [1.165, 1.54) is 0 Å². The summed E-state index contributed by atoms with van der Waals surface area (Å²) in [6.45, 7) is -3.12. The summed E-state index contributed by atoms with van der Waals surface area (Å²) in [5.41, 5.74) is -0.606. The molecule has 0 N–H and O–H groups in total. The Morgan fingerprint density at radius 3 is 3.67 bits per heavy atom. The van der Waals surface area contributed by atoms with Crippen LogP contribution in [0, 0.1) is 0 Å². The maximum Gasteiger partial charge on any atom is 0.0960 e. The van der Waals surface area contributed by atoms with Gasteiger partial charge in [0.15, 0.2) is 0 Å². The predicted octanol–water partition coefficient (Wildman–Crippen LogP) is 2.86. The van der Waals surface area contributed by atoms with Crippen molar-refractivity contribution in [1.29, 1.82) is 0 Å². The van der Waals surface area contributed by atoms with Crippen LogP contribution >= 0.6 is 27.3 Å². The Kier molecular flexibility index (Phi) is 0.755. The molecule has 1 aromatic heterocycles. The number of nitrogens with zero attached hydrogens (tertiary/aromatic N) is 1. The first-order chi connectivity index (χ1) is 7.41. The van der Waals surface area contributed by atoms with Crippen LogP contribution in [0.5, 0.6) is 0 Å². The lowest BCUT2D eigenvalue weighted by Crippen LogP contribution is -1.81. The summed E-state index contributed by atoms with van der Waals surface area (Å²) in [4.78, 5) is 3.54. The van der Waals surface area contributed by atoms with Gasteiger partial charge in [0.05, 0.1) is 16.3 Å². The van der Waals surface area contributed by atoms with Gasteiger partial charge in [-0.25, -0.2) is 4.98 Å². The van der Waals surface area contributed by atoms with Crippen molar-refractivity contribution in [2.75, 3.05) is 0 Å². The molecule has 0 aliphatic heterocycles. The summed E-state index contributed by atoms with van der Waals surface area (Å²) >= 11 is 3.76. The molecule has 0 aliphatic carbocycles. The summed E-state index contributed by atoms with van der Waals surface area (Å²) in [6, 6.07) is 0. The van der Waals surface area contributed by atoms with Crippen molar-refractivity contribution >= 4 is 27.3 Å². The minimum Gasteiger partial charge on any atom is -0.249 e. The minimum atomic E-state index is -3.12. The van der Waals surface area contributed by atoms with Gasteiger partial charge in [0.25, 0.3) is 0 Å². The highest BCUT2D eigenvalue weighted by Gasteiger charge is 1.98. The smallest absolute Gasteiger partial charge is 0.0960 e. The molecule has 50 valence electrons. The van der Waals surface area contributed by atoms with Crippen LogP contribution in [-0.2, 0) is 6.37 Å². The number of thiazole rings is 1. The average Bonchev–Trinajstić information content (AvgIpc) is 2.43. The second-order valence-corrected chi connectivity index (χ2v) is 3.29. The van der Waals surface area contributed by atoms with Crippen LogP contribution in [0.15, 0.2) is 9.27 Å². The van der Waals surface area contributed by atoms with Crippen molar-refractivity contribution < 1.29 is 11.0 Å². The van der Waals surface area contributed by atoms with Gasteiger partial charge in [0.2, 0.25) is 0 Å². The van der Waals surface area contributed by atoms with Crippen molar-refractivity contribution in [2.24, 2.45) is 0 Å². The lowest BCUT2D eigenvalue weighted by molar-refractivity contribution is 0.888. The van der Waals surface area contributed by atoms with Crippen molar-refractivity contribution in [3.8, 4) is 0 Å². The molecule has 9 heavy (non-hydrogen) atoms. The molecule has 0 unspecified atom stereocenters. The second kappa shape index (κ2) is 3.32.